The summed E-state index contributed by atoms with van der Waals surface area (Å²) in [7, 11) is 1.66. The summed E-state index contributed by atoms with van der Waals surface area (Å²) in [5.41, 5.74) is 0. The fourth-order valence-corrected chi connectivity index (χ4v) is 1.71. The Hall–Kier alpha value is -0.650. The molecule has 0 saturated carbocycles. The first-order chi connectivity index (χ1) is 8.54. The number of hydrogen-bond acceptors (Lipinski definition) is 5. The van der Waals surface area contributed by atoms with Crippen molar-refractivity contribution < 1.29 is 19.4 Å². The second-order valence-electron chi connectivity index (χ2n) is 4.41. The zero-order valence-electron chi connectivity index (χ0n) is 12.0. The first kappa shape index (κ1) is 17.4. The third kappa shape index (κ3) is 7.63. The largest absolute Gasteiger partial charge is 0.466 e. The lowest BCUT2D eigenvalue weighted by Gasteiger charge is -2.29. The van der Waals surface area contributed by atoms with E-state index in [0.717, 1.165) is 13.0 Å². The van der Waals surface area contributed by atoms with Gasteiger partial charge in [-0.25, -0.2) is 0 Å². The highest BCUT2D eigenvalue weighted by Crippen LogP contribution is 2.06. The molecule has 0 amide bonds. The van der Waals surface area contributed by atoms with E-state index in [1.807, 2.05) is 0 Å². The molecule has 1 N–H and O–H groups in total. The highest BCUT2D eigenvalue weighted by Gasteiger charge is 2.18. The van der Waals surface area contributed by atoms with Gasteiger partial charge < -0.3 is 14.6 Å². The quantitative estimate of drug-likeness (QED) is 0.596. The Kier molecular flexibility index (Phi) is 9.92. The molecule has 0 heterocycles. The number of aliphatic hydroxyl groups is 1. The predicted molar refractivity (Wildman–Crippen MR) is 70.5 cm³/mol. The van der Waals surface area contributed by atoms with Gasteiger partial charge in [-0.05, 0) is 20.3 Å². The van der Waals surface area contributed by atoms with Crippen LogP contribution in [0.4, 0.5) is 0 Å². The minimum Gasteiger partial charge on any atom is -0.466 e. The topological polar surface area (TPSA) is 59.0 Å². The van der Waals surface area contributed by atoms with Crippen molar-refractivity contribution in [3.63, 3.8) is 0 Å². The Balaban J connectivity index is 4.16. The highest BCUT2D eigenvalue weighted by atomic mass is 16.5. The van der Waals surface area contributed by atoms with Gasteiger partial charge in [0.25, 0.3) is 0 Å². The summed E-state index contributed by atoms with van der Waals surface area (Å²) < 4.78 is 9.87. The maximum absolute atomic E-state index is 11.3. The molecule has 2 atom stereocenters. The van der Waals surface area contributed by atoms with Crippen molar-refractivity contribution in [1.82, 2.24) is 4.90 Å². The molecule has 5 heteroatoms. The van der Waals surface area contributed by atoms with E-state index >= 15 is 0 Å². The van der Waals surface area contributed by atoms with E-state index < -0.39 is 6.10 Å². The minimum absolute atomic E-state index is 0.0494. The number of ether oxygens (including phenoxy) is 2. The van der Waals surface area contributed by atoms with Crippen molar-refractivity contribution in [2.45, 2.75) is 45.8 Å². The molecule has 0 saturated heterocycles. The van der Waals surface area contributed by atoms with E-state index in [4.69, 9.17) is 9.47 Å². The number of nitrogens with zero attached hydrogens (tertiary/aromatic N) is 1. The number of esters is 1. The molecule has 0 aliphatic carbocycles. The van der Waals surface area contributed by atoms with Gasteiger partial charge in [0.15, 0.2) is 0 Å². The van der Waals surface area contributed by atoms with Crippen molar-refractivity contribution in [1.29, 1.82) is 0 Å². The van der Waals surface area contributed by atoms with Crippen LogP contribution in [0.15, 0.2) is 0 Å². The Morgan fingerprint density at radius 1 is 1.39 bits per heavy atom. The SMILES string of the molecule is CCOC(=O)CC(O)CN(CCOC)C(C)CC. The fourth-order valence-electron chi connectivity index (χ4n) is 1.71. The van der Waals surface area contributed by atoms with Gasteiger partial charge in [-0.3, -0.25) is 9.69 Å². The van der Waals surface area contributed by atoms with Gasteiger partial charge in [0.1, 0.15) is 0 Å². The van der Waals surface area contributed by atoms with Crippen LogP contribution < -0.4 is 0 Å². The van der Waals surface area contributed by atoms with Crippen molar-refractivity contribution in [2.75, 3.05) is 33.4 Å². The van der Waals surface area contributed by atoms with Gasteiger partial charge in [0, 0.05) is 26.2 Å². The molecular weight excluding hydrogens is 234 g/mol. The molecule has 0 rings (SSSR count). The molecule has 0 aliphatic rings. The van der Waals surface area contributed by atoms with Crippen LogP contribution in [0.3, 0.4) is 0 Å². The normalized spacial score (nSPS) is 14.6. The molecule has 0 spiro atoms. The van der Waals surface area contributed by atoms with Crippen LogP contribution in [0.2, 0.25) is 0 Å². The summed E-state index contributed by atoms with van der Waals surface area (Å²) in [4.78, 5) is 13.4. The van der Waals surface area contributed by atoms with Crippen LogP contribution in [0.25, 0.3) is 0 Å². The predicted octanol–water partition coefficient (Wildman–Crippen LogP) is 1.05. The minimum atomic E-state index is -0.685. The Labute approximate surface area is 110 Å². The van der Waals surface area contributed by atoms with Crippen LogP contribution in [0.5, 0.6) is 0 Å². The lowest BCUT2D eigenvalue weighted by atomic mass is 10.1. The van der Waals surface area contributed by atoms with Crippen molar-refractivity contribution >= 4 is 5.97 Å². The van der Waals surface area contributed by atoms with Crippen molar-refractivity contribution in [3.8, 4) is 0 Å². The maximum atomic E-state index is 11.3. The molecule has 2 unspecified atom stereocenters. The summed E-state index contributed by atoms with van der Waals surface area (Å²) in [6.45, 7) is 8.16. The Morgan fingerprint density at radius 3 is 2.56 bits per heavy atom. The highest BCUT2D eigenvalue weighted by molar-refractivity contribution is 5.69. The van der Waals surface area contributed by atoms with E-state index in [2.05, 4.69) is 18.7 Å². The number of carbonyl (C=O) groups is 1. The first-order valence-electron chi connectivity index (χ1n) is 6.61. The zero-order valence-corrected chi connectivity index (χ0v) is 12.0. The van der Waals surface area contributed by atoms with Gasteiger partial charge in [0.05, 0.1) is 25.7 Å². The van der Waals surface area contributed by atoms with E-state index in [1.165, 1.54) is 0 Å². The van der Waals surface area contributed by atoms with Gasteiger partial charge in [-0.1, -0.05) is 6.92 Å². The standard InChI is InChI=1S/C13H27NO4/c1-5-11(3)14(7-8-17-4)10-12(15)9-13(16)18-6-2/h11-12,15H,5-10H2,1-4H3. The van der Waals surface area contributed by atoms with E-state index in [9.17, 15) is 9.90 Å². The Morgan fingerprint density at radius 2 is 2.06 bits per heavy atom. The summed E-state index contributed by atoms with van der Waals surface area (Å²) >= 11 is 0. The molecule has 5 nitrogen and oxygen atoms in total. The number of methoxy groups -OCH3 is 1. The smallest absolute Gasteiger partial charge is 0.308 e. The summed E-state index contributed by atoms with van der Waals surface area (Å²) in [6.07, 6.45) is 0.360. The van der Waals surface area contributed by atoms with E-state index in [-0.39, 0.29) is 12.4 Å². The van der Waals surface area contributed by atoms with Gasteiger partial charge in [0.2, 0.25) is 0 Å². The summed E-state index contributed by atoms with van der Waals surface area (Å²) in [5, 5.41) is 9.88. The summed E-state index contributed by atoms with van der Waals surface area (Å²) in [5.74, 6) is -0.346. The summed E-state index contributed by atoms with van der Waals surface area (Å²) in [6, 6.07) is 0.358. The third-order valence-electron chi connectivity index (χ3n) is 2.95. The number of hydrogen-bond donors (Lipinski definition) is 1. The maximum Gasteiger partial charge on any atom is 0.308 e. The molecule has 0 radical (unpaired) electrons. The number of carbonyl (C=O) groups excluding carboxylic acids is 1. The van der Waals surface area contributed by atoms with E-state index in [1.54, 1.807) is 14.0 Å². The monoisotopic (exact) mass is 261 g/mol. The average Bonchev–Trinajstić information content (AvgIpc) is 2.33. The molecule has 0 aromatic heterocycles. The Bertz CT molecular complexity index is 223. The van der Waals surface area contributed by atoms with Crippen LogP contribution in [0, 0.1) is 0 Å². The van der Waals surface area contributed by atoms with E-state index in [0.29, 0.717) is 25.8 Å². The molecule has 0 bridgehead atoms. The molecule has 108 valence electrons. The van der Waals surface area contributed by atoms with Gasteiger partial charge in [-0.2, -0.15) is 0 Å². The number of aliphatic hydroxyl groups excluding tert-OH is 1. The first-order valence-corrected chi connectivity index (χ1v) is 6.61. The zero-order chi connectivity index (χ0) is 14.0. The van der Waals surface area contributed by atoms with Crippen LogP contribution in [-0.4, -0.2) is 61.5 Å². The molecule has 0 aromatic rings. The molecule has 0 fully saturated rings. The fraction of sp³-hybridized carbons (Fsp3) is 0.923. The number of rotatable bonds is 10. The third-order valence-corrected chi connectivity index (χ3v) is 2.95. The lowest BCUT2D eigenvalue weighted by Crippen LogP contribution is -2.41. The van der Waals surface area contributed by atoms with Crippen LogP contribution in [-0.2, 0) is 14.3 Å². The van der Waals surface area contributed by atoms with Gasteiger partial charge in [-0.15, -0.1) is 0 Å². The van der Waals surface area contributed by atoms with Crippen molar-refractivity contribution in [3.05, 3.63) is 0 Å². The second-order valence-corrected chi connectivity index (χ2v) is 4.41. The lowest BCUT2D eigenvalue weighted by molar-refractivity contribution is -0.145. The molecule has 18 heavy (non-hydrogen) atoms. The van der Waals surface area contributed by atoms with Crippen molar-refractivity contribution in [2.24, 2.45) is 0 Å². The second kappa shape index (κ2) is 10.3. The molecule has 0 aromatic carbocycles. The van der Waals surface area contributed by atoms with Crippen LogP contribution in [0.1, 0.15) is 33.6 Å². The average molecular weight is 261 g/mol. The molecule has 0 aliphatic heterocycles. The van der Waals surface area contributed by atoms with Crippen LogP contribution >= 0.6 is 0 Å². The molecular formula is C13H27NO4. The van der Waals surface area contributed by atoms with Gasteiger partial charge >= 0.3 is 5.97 Å².